The molecule has 1 aromatic heterocycles. The molecule has 1 N–H and O–H groups in total. The number of benzene rings is 1. The fourth-order valence-electron chi connectivity index (χ4n) is 2.02. The second-order valence-electron chi connectivity index (χ2n) is 5.01. The largest absolute Gasteiger partial charge is 0.416 e. The molecule has 2 aromatic rings. The monoisotopic (exact) mass is 378 g/mol. The van der Waals surface area contributed by atoms with Gasteiger partial charge in [0.25, 0.3) is 0 Å². The molecule has 1 heterocycles. The molecule has 0 atom stereocenters. The minimum atomic E-state index is -4.62. The maximum absolute atomic E-state index is 12.9. The molecule has 0 aliphatic carbocycles. The van der Waals surface area contributed by atoms with Crippen molar-refractivity contribution in [2.45, 2.75) is 24.6 Å². The highest BCUT2D eigenvalue weighted by atomic mass is 32.2. The molecule has 0 bridgehead atoms. The zero-order valence-electron chi connectivity index (χ0n) is 12.4. The van der Waals surface area contributed by atoms with E-state index in [1.54, 1.807) is 0 Å². The van der Waals surface area contributed by atoms with Gasteiger partial charge < -0.3 is 5.32 Å². The van der Waals surface area contributed by atoms with Crippen molar-refractivity contribution >= 4 is 32.2 Å². The number of halogens is 3. The average molecular weight is 378 g/mol. The third-order valence-corrected chi connectivity index (χ3v) is 5.19. The Hall–Kier alpha value is -1.94. The van der Waals surface area contributed by atoms with Crippen LogP contribution in [0, 0.1) is 0 Å². The Morgan fingerprint density at radius 2 is 1.92 bits per heavy atom. The highest BCUT2D eigenvalue weighted by Gasteiger charge is 2.34. The number of sulfone groups is 1. The zero-order valence-corrected chi connectivity index (χ0v) is 14.1. The molecule has 0 saturated carbocycles. The number of hydrogen-bond acceptors (Lipinski definition) is 5. The van der Waals surface area contributed by atoms with E-state index < -0.39 is 33.1 Å². The summed E-state index contributed by atoms with van der Waals surface area (Å²) in [6.07, 6.45) is -4.62. The summed E-state index contributed by atoms with van der Waals surface area (Å²) < 4.78 is 63.2. The van der Waals surface area contributed by atoms with E-state index in [1.165, 1.54) is 24.4 Å². The van der Waals surface area contributed by atoms with Crippen LogP contribution >= 0.6 is 11.3 Å². The van der Waals surface area contributed by atoms with Gasteiger partial charge in [-0.25, -0.2) is 13.4 Å². The van der Waals surface area contributed by atoms with Gasteiger partial charge in [0.2, 0.25) is 5.91 Å². The summed E-state index contributed by atoms with van der Waals surface area (Å²) in [7, 11) is -3.85. The van der Waals surface area contributed by atoms with Gasteiger partial charge in [-0.05, 0) is 11.6 Å². The Morgan fingerprint density at radius 3 is 2.54 bits per heavy atom. The lowest BCUT2D eigenvalue weighted by molar-refractivity contribution is -0.138. The summed E-state index contributed by atoms with van der Waals surface area (Å²) in [5.74, 6) is -1.59. The topological polar surface area (TPSA) is 76.1 Å². The van der Waals surface area contributed by atoms with Gasteiger partial charge in [-0.15, -0.1) is 11.3 Å². The molecule has 2 rings (SSSR count). The second kappa shape index (κ2) is 6.89. The van der Waals surface area contributed by atoms with Crippen molar-refractivity contribution in [2.24, 2.45) is 0 Å². The molecule has 0 spiro atoms. The van der Waals surface area contributed by atoms with Crippen molar-refractivity contribution < 1.29 is 26.4 Å². The second-order valence-corrected chi connectivity index (χ2v) is 7.93. The molecule has 0 fully saturated rings. The molecular weight excluding hydrogens is 365 g/mol. The van der Waals surface area contributed by atoms with E-state index in [0.717, 1.165) is 23.5 Å². The maximum atomic E-state index is 12.9. The first kappa shape index (κ1) is 18.4. The Kier molecular flexibility index (Phi) is 5.29. The minimum Gasteiger partial charge on any atom is -0.302 e. The molecule has 130 valence electrons. The SMILES string of the molecule is CC(=O)Nc1nc(CS(=O)(=O)Cc2ccccc2C(F)(F)F)cs1. The Balaban J connectivity index is 2.18. The minimum absolute atomic E-state index is 0.174. The molecule has 5 nitrogen and oxygen atoms in total. The van der Waals surface area contributed by atoms with E-state index in [-0.39, 0.29) is 22.3 Å². The van der Waals surface area contributed by atoms with Crippen molar-refractivity contribution in [1.29, 1.82) is 0 Å². The van der Waals surface area contributed by atoms with Crippen molar-refractivity contribution in [3.8, 4) is 0 Å². The van der Waals surface area contributed by atoms with E-state index in [9.17, 15) is 26.4 Å². The van der Waals surface area contributed by atoms with Crippen LogP contribution in [0.4, 0.5) is 18.3 Å². The Bertz CT molecular complexity index is 845. The van der Waals surface area contributed by atoms with Crippen LogP contribution in [0.15, 0.2) is 29.6 Å². The number of aromatic nitrogens is 1. The van der Waals surface area contributed by atoms with E-state index in [0.29, 0.717) is 0 Å². The molecule has 0 saturated heterocycles. The van der Waals surface area contributed by atoms with Crippen molar-refractivity contribution in [3.05, 3.63) is 46.5 Å². The van der Waals surface area contributed by atoms with E-state index in [1.807, 2.05) is 0 Å². The molecule has 24 heavy (non-hydrogen) atoms. The van der Waals surface area contributed by atoms with Crippen LogP contribution in [0.25, 0.3) is 0 Å². The van der Waals surface area contributed by atoms with Gasteiger partial charge in [-0.1, -0.05) is 18.2 Å². The van der Waals surface area contributed by atoms with Gasteiger partial charge in [-0.3, -0.25) is 4.79 Å². The number of carbonyl (C=O) groups excluding carboxylic acids is 1. The Morgan fingerprint density at radius 1 is 1.25 bits per heavy atom. The normalized spacial score (nSPS) is 12.2. The maximum Gasteiger partial charge on any atom is 0.416 e. The number of thiazole rings is 1. The van der Waals surface area contributed by atoms with Crippen molar-refractivity contribution in [3.63, 3.8) is 0 Å². The number of nitrogens with one attached hydrogen (secondary N) is 1. The number of anilines is 1. The highest BCUT2D eigenvalue weighted by Crippen LogP contribution is 2.33. The first-order valence-electron chi connectivity index (χ1n) is 6.64. The summed E-state index contributed by atoms with van der Waals surface area (Å²) in [6, 6.07) is 4.56. The molecule has 1 aromatic carbocycles. The van der Waals surface area contributed by atoms with Gasteiger partial charge in [0.1, 0.15) is 0 Å². The zero-order chi connectivity index (χ0) is 18.0. The number of alkyl halides is 3. The smallest absolute Gasteiger partial charge is 0.302 e. The lowest BCUT2D eigenvalue weighted by Crippen LogP contribution is -2.14. The summed E-state index contributed by atoms with van der Waals surface area (Å²) in [5.41, 5.74) is -1.10. The Labute approximate surface area is 140 Å². The van der Waals surface area contributed by atoms with Crippen LogP contribution in [-0.4, -0.2) is 19.3 Å². The fourth-order valence-corrected chi connectivity index (χ4v) is 4.31. The number of nitrogens with zero attached hydrogens (tertiary/aromatic N) is 1. The molecular formula is C14H13F3N2O3S2. The lowest BCUT2D eigenvalue weighted by Gasteiger charge is -2.12. The van der Waals surface area contributed by atoms with E-state index in [4.69, 9.17) is 0 Å². The number of rotatable bonds is 5. The number of carbonyl (C=O) groups is 1. The van der Waals surface area contributed by atoms with Crippen LogP contribution < -0.4 is 5.32 Å². The predicted molar refractivity (Wildman–Crippen MR) is 84.2 cm³/mol. The fraction of sp³-hybridized carbons (Fsp3) is 0.286. The van der Waals surface area contributed by atoms with Crippen LogP contribution in [0.1, 0.15) is 23.7 Å². The van der Waals surface area contributed by atoms with Crippen LogP contribution in [0.3, 0.4) is 0 Å². The van der Waals surface area contributed by atoms with Gasteiger partial charge >= 0.3 is 6.18 Å². The van der Waals surface area contributed by atoms with Crippen LogP contribution in [0.2, 0.25) is 0 Å². The molecule has 0 radical (unpaired) electrons. The molecule has 0 aliphatic rings. The van der Waals surface area contributed by atoms with Gasteiger partial charge in [0.15, 0.2) is 15.0 Å². The summed E-state index contributed by atoms with van der Waals surface area (Å²) in [5, 5.41) is 4.10. The standard InChI is InChI=1S/C14H13F3N2O3S2/c1-9(20)18-13-19-11(6-23-13)8-24(21,22)7-10-4-2-3-5-12(10)14(15,16)17/h2-6H,7-8H2,1H3,(H,18,19,20). The average Bonchev–Trinajstić information content (AvgIpc) is 2.82. The van der Waals surface area contributed by atoms with Crippen molar-refractivity contribution in [2.75, 3.05) is 5.32 Å². The van der Waals surface area contributed by atoms with Crippen molar-refractivity contribution in [1.82, 2.24) is 4.98 Å². The van der Waals surface area contributed by atoms with E-state index in [2.05, 4.69) is 10.3 Å². The first-order chi connectivity index (χ1) is 11.1. The third-order valence-electron chi connectivity index (χ3n) is 2.90. The third kappa shape index (κ3) is 5.03. The predicted octanol–water partition coefficient (Wildman–Crippen LogP) is 3.24. The highest BCUT2D eigenvalue weighted by molar-refractivity contribution is 7.89. The summed E-state index contributed by atoms with van der Waals surface area (Å²) in [6.45, 7) is 1.28. The quantitative estimate of drug-likeness (QED) is 0.867. The summed E-state index contributed by atoms with van der Waals surface area (Å²) >= 11 is 1.04. The summed E-state index contributed by atoms with van der Waals surface area (Å²) in [4.78, 5) is 14.8. The van der Waals surface area contributed by atoms with Gasteiger partial charge in [0.05, 0.1) is 22.8 Å². The molecule has 10 heteroatoms. The first-order valence-corrected chi connectivity index (χ1v) is 9.34. The molecule has 1 amide bonds. The number of amides is 1. The molecule has 0 unspecified atom stereocenters. The van der Waals surface area contributed by atoms with Crippen LogP contribution in [-0.2, 0) is 32.3 Å². The van der Waals surface area contributed by atoms with Gasteiger partial charge in [0, 0.05) is 12.3 Å². The van der Waals surface area contributed by atoms with E-state index >= 15 is 0 Å². The number of hydrogen-bond donors (Lipinski definition) is 1. The van der Waals surface area contributed by atoms with Gasteiger partial charge in [-0.2, -0.15) is 13.2 Å². The molecule has 0 aliphatic heterocycles. The van der Waals surface area contributed by atoms with Crippen LogP contribution in [0.5, 0.6) is 0 Å². The lowest BCUT2D eigenvalue weighted by atomic mass is 10.1.